The Hall–Kier alpha value is -3.13. The number of para-hydroxylation sites is 1. The minimum atomic E-state index is -4.86. The number of nitrogens with zero attached hydrogens (tertiary/aromatic N) is 4. The summed E-state index contributed by atoms with van der Waals surface area (Å²) in [4.78, 5) is 43.1. The van der Waals surface area contributed by atoms with Gasteiger partial charge in [0, 0.05) is 12.7 Å². The standard InChI is InChI=1S/C18H21N6O8P/c1-20-10-5-3-2-4-9(10)18(26)32-14-11(6-30-33(27,28)29)31-17(13(14)25)24-8-23-12-15(19)21-7-22-16(12)24/h2-5,7-8,11,13-14,17,20,25H,6H2,1H3,(H2,19,21,22)(H2,27,28,29)/t11-,13-,14-,17-/m1/s1. The highest BCUT2D eigenvalue weighted by atomic mass is 31.2. The van der Waals surface area contributed by atoms with Crippen LogP contribution in [0.2, 0.25) is 0 Å². The summed E-state index contributed by atoms with van der Waals surface area (Å²) >= 11 is 0. The molecule has 14 nitrogen and oxygen atoms in total. The number of nitrogen functional groups attached to an aromatic ring is 1. The van der Waals surface area contributed by atoms with Crippen molar-refractivity contribution in [3.8, 4) is 0 Å². The van der Waals surface area contributed by atoms with Gasteiger partial charge in [-0.2, -0.15) is 0 Å². The number of fused-ring (bicyclic) bond motifs is 1. The average molecular weight is 480 g/mol. The Labute approximate surface area is 186 Å². The highest BCUT2D eigenvalue weighted by Gasteiger charge is 2.48. The van der Waals surface area contributed by atoms with Crippen LogP contribution in [-0.4, -0.2) is 72.3 Å². The van der Waals surface area contributed by atoms with Gasteiger partial charge < -0.3 is 35.4 Å². The van der Waals surface area contributed by atoms with Crippen LogP contribution < -0.4 is 11.1 Å². The largest absolute Gasteiger partial charge is 0.469 e. The first kappa shape index (κ1) is 23.0. The molecule has 0 bridgehead atoms. The van der Waals surface area contributed by atoms with E-state index in [1.807, 2.05) is 0 Å². The number of benzene rings is 1. The summed E-state index contributed by atoms with van der Waals surface area (Å²) in [6.45, 7) is -0.660. The summed E-state index contributed by atoms with van der Waals surface area (Å²) in [5, 5.41) is 13.8. The zero-order chi connectivity index (χ0) is 23.8. The van der Waals surface area contributed by atoms with E-state index in [-0.39, 0.29) is 22.5 Å². The van der Waals surface area contributed by atoms with E-state index in [0.717, 1.165) is 0 Å². The quantitative estimate of drug-likeness (QED) is 0.224. The Kier molecular flexibility index (Phi) is 6.30. The maximum atomic E-state index is 12.8. The number of imidazole rings is 1. The molecule has 1 aromatic carbocycles. The normalized spacial score (nSPS) is 23.0. The molecule has 0 aliphatic carbocycles. The lowest BCUT2D eigenvalue weighted by molar-refractivity contribution is -0.0521. The van der Waals surface area contributed by atoms with Crippen LogP contribution in [-0.2, 0) is 18.6 Å². The third-order valence-electron chi connectivity index (χ3n) is 5.04. The van der Waals surface area contributed by atoms with Gasteiger partial charge in [0.15, 0.2) is 23.8 Å². The topological polar surface area (TPSA) is 204 Å². The first-order chi connectivity index (χ1) is 15.7. The smallest absolute Gasteiger partial charge is 0.453 e. The van der Waals surface area contributed by atoms with Crippen molar-refractivity contribution in [1.29, 1.82) is 0 Å². The second-order valence-corrected chi connectivity index (χ2v) is 8.33. The molecule has 1 fully saturated rings. The summed E-state index contributed by atoms with van der Waals surface area (Å²) in [7, 11) is -3.23. The molecule has 4 rings (SSSR count). The van der Waals surface area contributed by atoms with Gasteiger partial charge in [0.1, 0.15) is 24.1 Å². The Morgan fingerprint density at radius 2 is 2.06 bits per heavy atom. The Bertz CT molecular complexity index is 1220. The van der Waals surface area contributed by atoms with Crippen molar-refractivity contribution >= 4 is 36.5 Å². The number of aliphatic hydroxyl groups is 1. The lowest BCUT2D eigenvalue weighted by Gasteiger charge is -2.21. The second-order valence-electron chi connectivity index (χ2n) is 7.09. The van der Waals surface area contributed by atoms with E-state index in [1.165, 1.54) is 23.3 Å². The number of esters is 1. The van der Waals surface area contributed by atoms with E-state index in [4.69, 9.17) is 25.0 Å². The third-order valence-corrected chi connectivity index (χ3v) is 5.52. The summed E-state index contributed by atoms with van der Waals surface area (Å²) in [5.74, 6) is -0.671. The SMILES string of the molecule is CNc1ccccc1C(=O)O[C@H]1[C@@H](O)[C@H](n2cnc3c(N)ncnc32)O[C@@H]1COP(=O)(O)O. The number of phosphoric acid groups is 1. The molecule has 33 heavy (non-hydrogen) atoms. The zero-order valence-electron chi connectivity index (χ0n) is 17.2. The van der Waals surface area contributed by atoms with Gasteiger partial charge in [0.05, 0.1) is 18.5 Å². The summed E-state index contributed by atoms with van der Waals surface area (Å²) in [5.41, 5.74) is 6.99. The fourth-order valence-electron chi connectivity index (χ4n) is 3.52. The van der Waals surface area contributed by atoms with Crippen LogP contribution in [0, 0.1) is 0 Å². The van der Waals surface area contributed by atoms with Crippen molar-refractivity contribution in [3.63, 3.8) is 0 Å². The Morgan fingerprint density at radius 1 is 1.30 bits per heavy atom. The van der Waals surface area contributed by atoms with E-state index in [9.17, 15) is 14.5 Å². The molecule has 1 saturated heterocycles. The highest BCUT2D eigenvalue weighted by Crippen LogP contribution is 2.40. The molecule has 6 N–H and O–H groups in total. The van der Waals surface area contributed by atoms with Crippen molar-refractivity contribution in [1.82, 2.24) is 19.5 Å². The molecule has 1 aliphatic rings. The van der Waals surface area contributed by atoms with Crippen LogP contribution in [0.15, 0.2) is 36.9 Å². The minimum absolute atomic E-state index is 0.110. The number of hydrogen-bond acceptors (Lipinski definition) is 11. The number of anilines is 2. The maximum Gasteiger partial charge on any atom is 0.469 e. The molecular weight excluding hydrogens is 459 g/mol. The number of nitrogens with one attached hydrogen (secondary N) is 1. The molecule has 15 heteroatoms. The van der Waals surface area contributed by atoms with Crippen LogP contribution in [0.3, 0.4) is 0 Å². The van der Waals surface area contributed by atoms with Crippen LogP contribution in [0.1, 0.15) is 16.6 Å². The predicted molar refractivity (Wildman–Crippen MR) is 113 cm³/mol. The van der Waals surface area contributed by atoms with Crippen LogP contribution >= 0.6 is 7.82 Å². The zero-order valence-corrected chi connectivity index (χ0v) is 18.1. The number of phosphoric ester groups is 1. The Balaban J connectivity index is 1.64. The van der Waals surface area contributed by atoms with Crippen molar-refractivity contribution in [2.24, 2.45) is 0 Å². The first-order valence-corrected chi connectivity index (χ1v) is 11.2. The average Bonchev–Trinajstić information content (AvgIpc) is 3.34. The molecule has 0 unspecified atom stereocenters. The number of carbonyl (C=O) groups excluding carboxylic acids is 1. The number of rotatable bonds is 7. The molecule has 3 aromatic rings. The van der Waals surface area contributed by atoms with Gasteiger partial charge in [0.25, 0.3) is 0 Å². The van der Waals surface area contributed by atoms with Gasteiger partial charge in [-0.1, -0.05) is 12.1 Å². The van der Waals surface area contributed by atoms with Crippen LogP contribution in [0.25, 0.3) is 11.2 Å². The summed E-state index contributed by atoms with van der Waals surface area (Å²) in [6, 6.07) is 6.55. The fraction of sp³-hybridized carbons (Fsp3) is 0.333. The molecule has 0 amide bonds. The highest BCUT2D eigenvalue weighted by molar-refractivity contribution is 7.46. The van der Waals surface area contributed by atoms with Gasteiger partial charge >= 0.3 is 13.8 Å². The molecule has 176 valence electrons. The van der Waals surface area contributed by atoms with Gasteiger partial charge in [-0.3, -0.25) is 9.09 Å². The van der Waals surface area contributed by atoms with E-state index < -0.39 is 44.9 Å². The summed E-state index contributed by atoms with van der Waals surface area (Å²) in [6.07, 6.45) is -2.68. The van der Waals surface area contributed by atoms with E-state index in [0.29, 0.717) is 5.69 Å². The number of carbonyl (C=O) groups is 1. The molecule has 2 aromatic heterocycles. The predicted octanol–water partition coefficient (Wildman–Crippen LogP) is 0.0434. The fourth-order valence-corrected chi connectivity index (χ4v) is 3.86. The first-order valence-electron chi connectivity index (χ1n) is 9.64. The molecule has 4 atom stereocenters. The third kappa shape index (κ3) is 4.66. The van der Waals surface area contributed by atoms with Crippen molar-refractivity contribution < 1.29 is 38.3 Å². The molecule has 3 heterocycles. The number of ether oxygens (including phenoxy) is 2. The van der Waals surface area contributed by atoms with Gasteiger partial charge in [-0.15, -0.1) is 0 Å². The maximum absolute atomic E-state index is 12.8. The van der Waals surface area contributed by atoms with E-state index in [2.05, 4.69) is 24.8 Å². The minimum Gasteiger partial charge on any atom is -0.453 e. The van der Waals surface area contributed by atoms with Crippen LogP contribution in [0.4, 0.5) is 11.5 Å². The summed E-state index contributed by atoms with van der Waals surface area (Å²) < 4.78 is 28.4. The lowest BCUT2D eigenvalue weighted by Crippen LogP contribution is -2.38. The van der Waals surface area contributed by atoms with Crippen molar-refractivity contribution in [2.45, 2.75) is 24.5 Å². The molecule has 0 saturated carbocycles. The number of aromatic nitrogens is 4. The molecule has 0 radical (unpaired) electrons. The second kappa shape index (κ2) is 9.02. The van der Waals surface area contributed by atoms with Gasteiger partial charge in [-0.25, -0.2) is 24.3 Å². The lowest BCUT2D eigenvalue weighted by atomic mass is 10.1. The van der Waals surface area contributed by atoms with E-state index in [1.54, 1.807) is 25.2 Å². The monoisotopic (exact) mass is 480 g/mol. The van der Waals surface area contributed by atoms with Crippen LogP contribution in [0.5, 0.6) is 0 Å². The van der Waals surface area contributed by atoms with Crippen molar-refractivity contribution in [2.75, 3.05) is 24.7 Å². The number of hydrogen-bond donors (Lipinski definition) is 5. The molecule has 0 spiro atoms. The number of nitrogens with two attached hydrogens (primary N) is 1. The van der Waals surface area contributed by atoms with E-state index >= 15 is 0 Å². The molecular formula is C18H21N6O8P. The van der Waals surface area contributed by atoms with Crippen molar-refractivity contribution in [3.05, 3.63) is 42.5 Å². The number of aliphatic hydroxyl groups excluding tert-OH is 1. The Morgan fingerprint density at radius 3 is 2.79 bits per heavy atom. The molecule has 1 aliphatic heterocycles. The van der Waals surface area contributed by atoms with Gasteiger partial charge in [0.2, 0.25) is 0 Å². The van der Waals surface area contributed by atoms with Gasteiger partial charge in [-0.05, 0) is 12.1 Å².